The van der Waals surface area contributed by atoms with Crippen molar-refractivity contribution in [3.63, 3.8) is 0 Å². The number of carbonyl (C=O) groups excluding carboxylic acids is 1. The van der Waals surface area contributed by atoms with Crippen LogP contribution in [0, 0.1) is 0 Å². The lowest BCUT2D eigenvalue weighted by atomic mass is 9.86. The maximum Gasteiger partial charge on any atom is 0.305 e. The molecule has 0 saturated heterocycles. The molecule has 0 aromatic heterocycles. The Labute approximate surface area is 199 Å². The summed E-state index contributed by atoms with van der Waals surface area (Å²) in [7, 11) is -3.54. The van der Waals surface area contributed by atoms with Crippen LogP contribution >= 0.6 is 0 Å². The lowest BCUT2D eigenvalue weighted by Gasteiger charge is -2.42. The van der Waals surface area contributed by atoms with E-state index in [1.165, 1.54) is 44.9 Å². The van der Waals surface area contributed by atoms with E-state index in [1.807, 2.05) is 4.90 Å². The second-order valence-corrected chi connectivity index (χ2v) is 11.0. The van der Waals surface area contributed by atoms with Gasteiger partial charge in [0, 0.05) is 31.8 Å². The molecule has 1 saturated carbocycles. The van der Waals surface area contributed by atoms with Crippen molar-refractivity contribution in [1.82, 2.24) is 4.90 Å². The minimum Gasteiger partial charge on any atom is -0.466 e. The monoisotopic (exact) mass is 497 g/mol. The highest BCUT2D eigenvalue weighted by Gasteiger charge is 2.47. The summed E-state index contributed by atoms with van der Waals surface area (Å²) < 4.78 is 58.7. The fourth-order valence-electron chi connectivity index (χ4n) is 4.10. The quantitative estimate of drug-likeness (QED) is 0.115. The maximum absolute atomic E-state index is 13.2. The first-order chi connectivity index (χ1) is 15.6. The van der Waals surface area contributed by atoms with E-state index in [9.17, 15) is 22.0 Å². The Morgan fingerprint density at radius 1 is 0.879 bits per heavy atom. The number of nitrogens with zero attached hydrogens (tertiary/aromatic N) is 1. The van der Waals surface area contributed by atoms with Gasteiger partial charge in [-0.2, -0.15) is 8.42 Å². The van der Waals surface area contributed by atoms with Crippen molar-refractivity contribution in [2.45, 2.75) is 115 Å². The third kappa shape index (κ3) is 16.5. The van der Waals surface area contributed by atoms with Crippen LogP contribution in [0.1, 0.15) is 103 Å². The van der Waals surface area contributed by atoms with Crippen molar-refractivity contribution in [3.8, 4) is 0 Å². The molecule has 0 amide bonds. The molecule has 9 heteroatoms. The van der Waals surface area contributed by atoms with Crippen LogP contribution < -0.4 is 0 Å². The molecule has 1 aliphatic rings. The van der Waals surface area contributed by atoms with Crippen LogP contribution in [0.15, 0.2) is 0 Å². The summed E-state index contributed by atoms with van der Waals surface area (Å²) in [6.45, 7) is 3.56. The molecule has 0 aromatic rings. The molecule has 1 fully saturated rings. The second-order valence-electron chi connectivity index (χ2n) is 9.34. The summed E-state index contributed by atoms with van der Waals surface area (Å²) in [5.74, 6) is -2.80. The van der Waals surface area contributed by atoms with E-state index in [0.29, 0.717) is 32.5 Å². The Kier molecular flexibility index (Phi) is 15.4. The van der Waals surface area contributed by atoms with E-state index < -0.39 is 16.0 Å². The smallest absolute Gasteiger partial charge is 0.305 e. The molecule has 6 nitrogen and oxygen atoms in total. The minimum absolute atomic E-state index is 0.0356. The molecule has 196 valence electrons. The topological polar surface area (TPSA) is 72.9 Å². The van der Waals surface area contributed by atoms with Crippen molar-refractivity contribution in [2.75, 3.05) is 32.6 Å². The van der Waals surface area contributed by atoms with E-state index in [1.54, 1.807) is 0 Å². The standard InChI is InChI=1S/C24H45F2NO5S/c1-3-4-5-6-7-8-9-10-14-18-31-23(28)15-12-11-13-16-27(17-19-32-33(2,29)30)22-20-24(25,26)21-22/h22H,3-21H2,1-2H3. The van der Waals surface area contributed by atoms with Gasteiger partial charge in [0.2, 0.25) is 0 Å². The Hall–Kier alpha value is -0.800. The minimum atomic E-state index is -3.54. The van der Waals surface area contributed by atoms with Crippen molar-refractivity contribution in [1.29, 1.82) is 0 Å². The Balaban J connectivity index is 2.05. The average Bonchev–Trinajstić information content (AvgIpc) is 2.71. The summed E-state index contributed by atoms with van der Waals surface area (Å²) >= 11 is 0. The van der Waals surface area contributed by atoms with Crippen LogP contribution in [0.2, 0.25) is 0 Å². The molecule has 0 aliphatic heterocycles. The van der Waals surface area contributed by atoms with Crippen molar-refractivity contribution in [3.05, 3.63) is 0 Å². The van der Waals surface area contributed by atoms with Gasteiger partial charge in [-0.25, -0.2) is 8.78 Å². The number of ether oxygens (including phenoxy) is 1. The number of alkyl halides is 2. The summed E-state index contributed by atoms with van der Waals surface area (Å²) in [4.78, 5) is 13.7. The van der Waals surface area contributed by atoms with Crippen LogP contribution in [0.25, 0.3) is 0 Å². The third-order valence-electron chi connectivity index (χ3n) is 6.10. The fourth-order valence-corrected chi connectivity index (χ4v) is 4.48. The Morgan fingerprint density at radius 3 is 2.03 bits per heavy atom. The van der Waals surface area contributed by atoms with Gasteiger partial charge in [-0.05, 0) is 25.8 Å². The van der Waals surface area contributed by atoms with Gasteiger partial charge in [0.15, 0.2) is 0 Å². The Morgan fingerprint density at radius 2 is 1.45 bits per heavy atom. The molecule has 0 radical (unpaired) electrons. The number of rotatable bonds is 21. The highest BCUT2D eigenvalue weighted by atomic mass is 32.2. The number of unbranched alkanes of at least 4 members (excludes halogenated alkanes) is 10. The van der Waals surface area contributed by atoms with Crippen molar-refractivity contribution < 1.29 is 30.9 Å². The number of hydrogen-bond acceptors (Lipinski definition) is 6. The lowest BCUT2D eigenvalue weighted by Crippen LogP contribution is -2.52. The number of halogens is 2. The molecule has 0 unspecified atom stereocenters. The van der Waals surface area contributed by atoms with Crippen LogP contribution in [-0.4, -0.2) is 63.8 Å². The van der Waals surface area contributed by atoms with Crippen LogP contribution in [-0.2, 0) is 23.8 Å². The van der Waals surface area contributed by atoms with Gasteiger partial charge in [0.25, 0.3) is 16.0 Å². The molecule has 0 spiro atoms. The zero-order chi connectivity index (χ0) is 24.6. The molecule has 33 heavy (non-hydrogen) atoms. The lowest BCUT2D eigenvalue weighted by molar-refractivity contribution is -0.144. The number of hydrogen-bond donors (Lipinski definition) is 0. The molecule has 0 heterocycles. The van der Waals surface area contributed by atoms with Crippen molar-refractivity contribution >= 4 is 16.1 Å². The second kappa shape index (κ2) is 16.8. The van der Waals surface area contributed by atoms with Gasteiger partial charge in [0.05, 0.1) is 19.5 Å². The van der Waals surface area contributed by atoms with Crippen LogP contribution in [0.4, 0.5) is 8.78 Å². The molecular weight excluding hydrogens is 452 g/mol. The number of esters is 1. The normalized spacial score (nSPS) is 16.2. The van der Waals surface area contributed by atoms with E-state index in [-0.39, 0.29) is 31.5 Å². The van der Waals surface area contributed by atoms with Gasteiger partial charge >= 0.3 is 5.97 Å². The molecule has 1 aliphatic carbocycles. The van der Waals surface area contributed by atoms with E-state index in [2.05, 4.69) is 6.92 Å². The first kappa shape index (κ1) is 30.2. The molecule has 0 aromatic carbocycles. The summed E-state index contributed by atoms with van der Waals surface area (Å²) in [5.41, 5.74) is 0. The van der Waals surface area contributed by atoms with Gasteiger partial charge in [-0.3, -0.25) is 13.9 Å². The SMILES string of the molecule is CCCCCCCCCCCOC(=O)CCCCCN(CCOS(C)(=O)=O)C1CC(F)(F)C1. The van der Waals surface area contributed by atoms with Gasteiger partial charge in [-0.15, -0.1) is 0 Å². The Bertz CT molecular complexity index is 622. The summed E-state index contributed by atoms with van der Waals surface area (Å²) in [6.07, 6.45) is 14.2. The van der Waals surface area contributed by atoms with Gasteiger partial charge in [-0.1, -0.05) is 64.7 Å². The first-order valence-corrected chi connectivity index (χ1v) is 14.6. The molecule has 0 bridgehead atoms. The van der Waals surface area contributed by atoms with E-state index in [4.69, 9.17) is 8.92 Å². The van der Waals surface area contributed by atoms with Crippen LogP contribution in [0.3, 0.4) is 0 Å². The zero-order valence-corrected chi connectivity index (χ0v) is 21.5. The largest absolute Gasteiger partial charge is 0.466 e. The highest BCUT2D eigenvalue weighted by molar-refractivity contribution is 7.85. The third-order valence-corrected chi connectivity index (χ3v) is 6.69. The van der Waals surface area contributed by atoms with Crippen molar-refractivity contribution in [2.24, 2.45) is 0 Å². The number of carbonyl (C=O) groups is 1. The molecule has 1 rings (SSSR count). The van der Waals surface area contributed by atoms with E-state index in [0.717, 1.165) is 31.9 Å². The maximum atomic E-state index is 13.2. The predicted molar refractivity (Wildman–Crippen MR) is 127 cm³/mol. The summed E-state index contributed by atoms with van der Waals surface area (Å²) in [6, 6.07) is -0.246. The first-order valence-electron chi connectivity index (χ1n) is 12.7. The van der Waals surface area contributed by atoms with Crippen LogP contribution in [0.5, 0.6) is 0 Å². The highest BCUT2D eigenvalue weighted by Crippen LogP contribution is 2.40. The summed E-state index contributed by atoms with van der Waals surface area (Å²) in [5, 5.41) is 0. The fraction of sp³-hybridized carbons (Fsp3) is 0.958. The zero-order valence-electron chi connectivity index (χ0n) is 20.7. The van der Waals surface area contributed by atoms with E-state index >= 15 is 0 Å². The van der Waals surface area contributed by atoms with Gasteiger partial charge in [0.1, 0.15) is 0 Å². The molecule has 0 atom stereocenters. The average molecular weight is 498 g/mol. The predicted octanol–water partition coefficient (Wildman–Crippen LogP) is 5.70. The van der Waals surface area contributed by atoms with Gasteiger partial charge < -0.3 is 4.74 Å². The molecular formula is C24H45F2NO5S. The molecule has 0 N–H and O–H groups in total.